The molecule has 0 amide bonds. The normalized spacial score (nSPS) is 12.1. The van der Waals surface area contributed by atoms with Gasteiger partial charge in [-0.1, -0.05) is 24.3 Å². The van der Waals surface area contributed by atoms with E-state index >= 15 is 0 Å². The van der Waals surface area contributed by atoms with E-state index in [1.807, 2.05) is 22.7 Å². The van der Waals surface area contributed by atoms with Crippen molar-refractivity contribution < 1.29 is 19.8 Å². The molecule has 0 saturated heterocycles. The maximum atomic E-state index is 11.3. The molecule has 0 radical (unpaired) electrons. The molecule has 0 aliphatic rings. The van der Waals surface area contributed by atoms with Crippen LogP contribution in [0.1, 0.15) is 19.3 Å². The number of fused-ring (bicyclic) bond motifs is 7. The number of carbonyl (C=O) groups is 2. The molecule has 0 aliphatic carbocycles. The summed E-state index contributed by atoms with van der Waals surface area (Å²) in [5.74, 6) is -1.74. The largest absolute Gasteiger partial charge is 0.477 e. The number of thiophene rings is 6. The molecular weight excluding hydrogens is 593 g/mol. The van der Waals surface area contributed by atoms with Crippen LogP contribution in [-0.2, 0) is 0 Å². The first-order chi connectivity index (χ1) is 18.4. The number of benzene rings is 2. The van der Waals surface area contributed by atoms with Crippen molar-refractivity contribution in [1.29, 1.82) is 0 Å². The van der Waals surface area contributed by atoms with Crippen LogP contribution in [0.5, 0.6) is 0 Å². The van der Waals surface area contributed by atoms with Crippen molar-refractivity contribution in [1.82, 2.24) is 0 Å². The van der Waals surface area contributed by atoms with Gasteiger partial charge in [-0.3, -0.25) is 0 Å². The molecule has 10 heteroatoms. The third-order valence-electron chi connectivity index (χ3n) is 6.49. The Morgan fingerprint density at radius 3 is 1.29 bits per heavy atom. The van der Waals surface area contributed by atoms with Crippen LogP contribution < -0.4 is 0 Å². The molecule has 6 heterocycles. The number of carboxylic acid groups (broad SMARTS) is 2. The third-order valence-corrected chi connectivity index (χ3v) is 13.6. The summed E-state index contributed by atoms with van der Waals surface area (Å²) in [6.07, 6.45) is 0. The zero-order valence-corrected chi connectivity index (χ0v) is 23.8. The molecule has 0 atom stereocenters. The lowest BCUT2D eigenvalue weighted by Crippen LogP contribution is -1.89. The second-order valence-electron chi connectivity index (χ2n) is 8.79. The van der Waals surface area contributed by atoms with Gasteiger partial charge in [-0.2, -0.15) is 0 Å². The molecule has 6 aromatic heterocycles. The van der Waals surface area contributed by atoms with Gasteiger partial charge in [0.2, 0.25) is 0 Å². The fraction of sp³-hybridized carbons (Fsp3) is 0. The van der Waals surface area contributed by atoms with Gasteiger partial charge in [-0.05, 0) is 47.5 Å². The van der Waals surface area contributed by atoms with Gasteiger partial charge in [0.15, 0.2) is 0 Å². The number of hydrogen-bond donors (Lipinski definition) is 2. The van der Waals surface area contributed by atoms with Crippen LogP contribution in [-0.4, -0.2) is 22.2 Å². The van der Waals surface area contributed by atoms with E-state index in [4.69, 9.17) is 0 Å². The maximum absolute atomic E-state index is 11.3. The average molecular weight is 605 g/mol. The van der Waals surface area contributed by atoms with Gasteiger partial charge in [-0.15, -0.1) is 68.0 Å². The Bertz CT molecular complexity index is 2040. The Morgan fingerprint density at radius 2 is 0.895 bits per heavy atom. The zero-order valence-electron chi connectivity index (χ0n) is 18.9. The summed E-state index contributed by atoms with van der Waals surface area (Å²) < 4.78 is 9.19. The second kappa shape index (κ2) is 8.19. The number of hydrogen-bond acceptors (Lipinski definition) is 8. The number of aromatic carboxylic acids is 2. The highest BCUT2D eigenvalue weighted by atomic mass is 32.1. The summed E-state index contributed by atoms with van der Waals surface area (Å²) >= 11 is 9.58. The van der Waals surface area contributed by atoms with Gasteiger partial charge >= 0.3 is 11.9 Å². The summed E-state index contributed by atoms with van der Waals surface area (Å²) in [5, 5.41) is 21.0. The first-order valence-electron chi connectivity index (χ1n) is 11.3. The van der Waals surface area contributed by atoms with E-state index in [-0.39, 0.29) is 0 Å². The van der Waals surface area contributed by atoms with Crippen LogP contribution >= 0.6 is 68.0 Å². The lowest BCUT2D eigenvalue weighted by molar-refractivity contribution is 0.0691. The molecule has 0 unspecified atom stereocenters. The molecule has 184 valence electrons. The lowest BCUT2D eigenvalue weighted by atomic mass is 10.1. The molecule has 0 spiro atoms. The Morgan fingerprint density at radius 1 is 0.474 bits per heavy atom. The van der Waals surface area contributed by atoms with Crippen LogP contribution in [0.2, 0.25) is 0 Å². The molecule has 4 nitrogen and oxygen atoms in total. The molecule has 2 N–H and O–H groups in total. The number of carboxylic acids is 2. The first kappa shape index (κ1) is 22.8. The molecule has 0 saturated carbocycles. The smallest absolute Gasteiger partial charge is 0.345 e. The van der Waals surface area contributed by atoms with Gasteiger partial charge in [0, 0.05) is 48.7 Å². The van der Waals surface area contributed by atoms with Crippen molar-refractivity contribution in [2.45, 2.75) is 0 Å². The zero-order chi connectivity index (χ0) is 25.7. The SMILES string of the molecule is O=C(O)c1cc2sc(-c3ccc4c(c3)sc3c5ccc(-c6cc7sc(C(=O)O)cc7s6)cc5sc43)cc2s1. The van der Waals surface area contributed by atoms with Crippen LogP contribution in [0.4, 0.5) is 0 Å². The maximum Gasteiger partial charge on any atom is 0.345 e. The quantitative estimate of drug-likeness (QED) is 0.210. The molecule has 38 heavy (non-hydrogen) atoms. The van der Waals surface area contributed by atoms with Gasteiger partial charge < -0.3 is 10.2 Å². The Kier molecular flexibility index (Phi) is 4.92. The highest BCUT2D eigenvalue weighted by molar-refractivity contribution is 7.36. The van der Waals surface area contributed by atoms with Crippen molar-refractivity contribution in [2.75, 3.05) is 0 Å². The Hall–Kier alpha value is -3.12. The molecule has 2 aromatic carbocycles. The Labute approximate surface area is 237 Å². The minimum atomic E-state index is -0.871. The molecule has 8 aromatic rings. The minimum Gasteiger partial charge on any atom is -0.477 e. The van der Waals surface area contributed by atoms with Gasteiger partial charge in [-0.25, -0.2) is 9.59 Å². The predicted molar refractivity (Wildman–Crippen MR) is 166 cm³/mol. The monoisotopic (exact) mass is 604 g/mol. The lowest BCUT2D eigenvalue weighted by Gasteiger charge is -1.99. The van der Waals surface area contributed by atoms with Gasteiger partial charge in [0.25, 0.3) is 0 Å². The van der Waals surface area contributed by atoms with Crippen molar-refractivity contribution in [3.8, 4) is 20.9 Å². The highest BCUT2D eigenvalue weighted by Gasteiger charge is 2.17. The van der Waals surface area contributed by atoms with Crippen LogP contribution in [0.15, 0.2) is 60.7 Å². The van der Waals surface area contributed by atoms with Crippen molar-refractivity contribution >= 4 is 128 Å². The van der Waals surface area contributed by atoms with Crippen molar-refractivity contribution in [3.63, 3.8) is 0 Å². The van der Waals surface area contributed by atoms with E-state index < -0.39 is 11.9 Å². The molecule has 8 rings (SSSR count). The minimum absolute atomic E-state index is 0.382. The molecular formula is C28H12O4S6. The third kappa shape index (κ3) is 3.42. The highest BCUT2D eigenvalue weighted by Crippen LogP contribution is 2.48. The summed E-state index contributed by atoms with van der Waals surface area (Å²) in [4.78, 5) is 25.6. The molecule has 0 fully saturated rings. The summed E-state index contributed by atoms with van der Waals surface area (Å²) in [6, 6.07) is 21.0. The average Bonchev–Trinajstić information content (AvgIpc) is 3.69. The van der Waals surface area contributed by atoms with E-state index in [9.17, 15) is 19.8 Å². The van der Waals surface area contributed by atoms with E-state index in [1.54, 1.807) is 34.8 Å². The van der Waals surface area contributed by atoms with E-state index in [0.29, 0.717) is 9.75 Å². The fourth-order valence-electron chi connectivity index (χ4n) is 4.73. The molecule has 0 bridgehead atoms. The summed E-state index contributed by atoms with van der Waals surface area (Å²) in [5.41, 5.74) is 2.32. The standard InChI is InChI=1S/C28H12O4S6/c29-27(30)23-9-21-19(35-23)7-15(33-21)11-1-3-13-17(5-11)37-26-14-4-2-12(6-18(14)38-25(13)26)16-8-20-22(34-16)10-24(36-20)28(31)32/h1-10H,(H,29,30)(H,31,32). The topological polar surface area (TPSA) is 74.6 Å². The van der Waals surface area contributed by atoms with Gasteiger partial charge in [0.1, 0.15) is 9.75 Å². The molecule has 0 aliphatic heterocycles. The first-order valence-corrected chi connectivity index (χ1v) is 16.2. The summed E-state index contributed by atoms with van der Waals surface area (Å²) in [6.45, 7) is 0. The summed E-state index contributed by atoms with van der Waals surface area (Å²) in [7, 11) is 0. The van der Waals surface area contributed by atoms with Crippen LogP contribution in [0, 0.1) is 0 Å². The van der Waals surface area contributed by atoms with Crippen LogP contribution in [0.25, 0.3) is 69.3 Å². The number of rotatable bonds is 4. The Balaban J connectivity index is 1.18. The van der Waals surface area contributed by atoms with E-state index in [1.165, 1.54) is 52.2 Å². The van der Waals surface area contributed by atoms with E-state index in [2.05, 4.69) is 48.5 Å². The van der Waals surface area contributed by atoms with E-state index in [0.717, 1.165) is 39.7 Å². The van der Waals surface area contributed by atoms with Crippen molar-refractivity contribution in [3.05, 3.63) is 70.4 Å². The van der Waals surface area contributed by atoms with Crippen LogP contribution in [0.3, 0.4) is 0 Å². The predicted octanol–water partition coefficient (Wildman–Crippen LogP) is 10.6. The van der Waals surface area contributed by atoms with Gasteiger partial charge in [0.05, 0.1) is 9.40 Å². The fourth-order valence-corrected chi connectivity index (χ4v) is 11.9. The second-order valence-corrected chi connectivity index (χ2v) is 15.2. The van der Waals surface area contributed by atoms with Crippen molar-refractivity contribution in [2.24, 2.45) is 0 Å².